The van der Waals surface area contributed by atoms with Crippen molar-refractivity contribution >= 4 is 33.3 Å². The van der Waals surface area contributed by atoms with Gasteiger partial charge in [-0.05, 0) is 6.92 Å². The number of aromatic nitrogens is 2. The van der Waals surface area contributed by atoms with Crippen LogP contribution in [0.3, 0.4) is 0 Å². The number of hydrogen-bond donors (Lipinski definition) is 1. The topological polar surface area (TPSA) is 72.1 Å². The average Bonchev–Trinajstić information content (AvgIpc) is 2.66. The van der Waals surface area contributed by atoms with Crippen molar-refractivity contribution in [3.63, 3.8) is 0 Å². The predicted molar refractivity (Wildman–Crippen MR) is 73.6 cm³/mol. The third-order valence-electron chi connectivity index (χ3n) is 2.41. The molecule has 2 heterocycles. The van der Waals surface area contributed by atoms with Crippen LogP contribution in [0.15, 0.2) is 24.5 Å². The number of hydrogen-bond acceptors (Lipinski definition) is 5. The average molecular weight is 262 g/mol. The Morgan fingerprint density at radius 2 is 2.17 bits per heavy atom. The lowest BCUT2D eigenvalue weighted by Crippen LogP contribution is -2.27. The van der Waals surface area contributed by atoms with Crippen LogP contribution in [0, 0.1) is 0 Å². The fraction of sp³-hybridized carbons (Fsp3) is 0.250. The molecule has 2 N–H and O–H groups in total. The SMILES string of the molecule is C=C(C)CN(C)C(=O)c1sc2nccnc2c1N. The number of nitrogen functional groups attached to an aromatic ring is 1. The maximum Gasteiger partial charge on any atom is 0.266 e. The summed E-state index contributed by atoms with van der Waals surface area (Å²) in [4.78, 5) is 23.3. The molecule has 0 bridgehead atoms. The van der Waals surface area contributed by atoms with Gasteiger partial charge in [0.05, 0.1) is 5.69 Å². The van der Waals surface area contributed by atoms with E-state index in [1.165, 1.54) is 11.3 Å². The van der Waals surface area contributed by atoms with Crippen molar-refractivity contribution in [1.29, 1.82) is 0 Å². The number of nitrogens with zero attached hydrogens (tertiary/aromatic N) is 3. The number of carbonyl (C=O) groups excluding carboxylic acids is 1. The maximum absolute atomic E-state index is 12.2. The van der Waals surface area contributed by atoms with Gasteiger partial charge in [-0.3, -0.25) is 4.79 Å². The molecule has 0 radical (unpaired) electrons. The minimum Gasteiger partial charge on any atom is -0.396 e. The molecule has 94 valence electrons. The highest BCUT2D eigenvalue weighted by Gasteiger charge is 2.20. The van der Waals surface area contributed by atoms with Gasteiger partial charge in [0.1, 0.15) is 15.2 Å². The Morgan fingerprint density at radius 3 is 2.78 bits per heavy atom. The van der Waals surface area contributed by atoms with E-state index in [1.54, 1.807) is 24.3 Å². The molecular weight excluding hydrogens is 248 g/mol. The molecule has 2 rings (SSSR count). The molecule has 2 aromatic heterocycles. The number of thiophene rings is 1. The highest BCUT2D eigenvalue weighted by atomic mass is 32.1. The molecule has 0 atom stereocenters. The molecule has 0 aliphatic carbocycles. The molecule has 0 saturated carbocycles. The van der Waals surface area contributed by atoms with E-state index in [-0.39, 0.29) is 5.91 Å². The Hall–Kier alpha value is -1.95. The van der Waals surface area contributed by atoms with Gasteiger partial charge < -0.3 is 10.6 Å². The predicted octanol–water partition coefficient (Wildman–Crippen LogP) is 1.92. The Bertz CT molecular complexity index is 620. The number of likely N-dealkylation sites (N-methyl/N-ethyl adjacent to an activating group) is 1. The van der Waals surface area contributed by atoms with Crippen LogP contribution in [-0.4, -0.2) is 34.4 Å². The lowest BCUT2D eigenvalue weighted by Gasteiger charge is -2.16. The molecule has 18 heavy (non-hydrogen) atoms. The van der Waals surface area contributed by atoms with E-state index in [0.29, 0.717) is 27.5 Å². The summed E-state index contributed by atoms with van der Waals surface area (Å²) in [5.74, 6) is -0.125. The van der Waals surface area contributed by atoms with Crippen LogP contribution < -0.4 is 5.73 Å². The largest absolute Gasteiger partial charge is 0.396 e. The first kappa shape index (κ1) is 12.5. The summed E-state index contributed by atoms with van der Waals surface area (Å²) in [5.41, 5.74) is 7.86. The number of fused-ring (bicyclic) bond motifs is 1. The van der Waals surface area contributed by atoms with Crippen molar-refractivity contribution in [2.45, 2.75) is 6.92 Å². The van der Waals surface area contributed by atoms with Gasteiger partial charge in [0, 0.05) is 26.0 Å². The second-order valence-corrected chi connectivity index (χ2v) is 5.17. The maximum atomic E-state index is 12.2. The smallest absolute Gasteiger partial charge is 0.266 e. The van der Waals surface area contributed by atoms with Crippen molar-refractivity contribution in [1.82, 2.24) is 14.9 Å². The van der Waals surface area contributed by atoms with Crippen LogP contribution in [0.5, 0.6) is 0 Å². The second-order valence-electron chi connectivity index (χ2n) is 4.17. The minimum absolute atomic E-state index is 0.125. The van der Waals surface area contributed by atoms with Crippen LogP contribution in [0.25, 0.3) is 10.3 Å². The van der Waals surface area contributed by atoms with E-state index in [1.807, 2.05) is 6.92 Å². The standard InChI is InChI=1S/C12H14N4OS/c1-7(2)6-16(3)12(17)10-8(13)9-11(18-10)15-5-4-14-9/h4-5H,1,6,13H2,2-3H3. The zero-order chi connectivity index (χ0) is 13.3. The third kappa shape index (κ3) is 2.19. The summed E-state index contributed by atoms with van der Waals surface area (Å²) in [5, 5.41) is 0. The summed E-state index contributed by atoms with van der Waals surface area (Å²) in [6.07, 6.45) is 3.15. The number of anilines is 1. The Labute approximate surface area is 109 Å². The van der Waals surface area contributed by atoms with Gasteiger partial charge in [0.25, 0.3) is 5.91 Å². The third-order valence-corrected chi connectivity index (χ3v) is 3.50. The summed E-state index contributed by atoms with van der Waals surface area (Å²) in [6.45, 7) is 6.17. The Balaban J connectivity index is 2.39. The molecule has 0 aliphatic rings. The first-order chi connectivity index (χ1) is 8.50. The summed E-state index contributed by atoms with van der Waals surface area (Å²) < 4.78 is 0. The molecule has 5 nitrogen and oxygen atoms in total. The summed E-state index contributed by atoms with van der Waals surface area (Å²) >= 11 is 1.27. The van der Waals surface area contributed by atoms with Gasteiger partial charge in [0.15, 0.2) is 0 Å². The second kappa shape index (κ2) is 4.73. The van der Waals surface area contributed by atoms with Gasteiger partial charge in [0.2, 0.25) is 0 Å². The van der Waals surface area contributed by atoms with E-state index >= 15 is 0 Å². The zero-order valence-corrected chi connectivity index (χ0v) is 11.1. The molecule has 0 spiro atoms. The molecular formula is C12H14N4OS. The highest BCUT2D eigenvalue weighted by Crippen LogP contribution is 2.31. The zero-order valence-electron chi connectivity index (χ0n) is 10.3. The van der Waals surface area contributed by atoms with Gasteiger partial charge in [-0.1, -0.05) is 12.2 Å². The molecule has 2 aromatic rings. The molecule has 1 amide bonds. The Kier molecular flexibility index (Phi) is 3.29. The monoisotopic (exact) mass is 262 g/mol. The van der Waals surface area contributed by atoms with E-state index in [0.717, 1.165) is 5.57 Å². The van der Waals surface area contributed by atoms with E-state index < -0.39 is 0 Å². The lowest BCUT2D eigenvalue weighted by molar-refractivity contribution is 0.0812. The van der Waals surface area contributed by atoms with Gasteiger partial charge in [-0.25, -0.2) is 9.97 Å². The summed E-state index contributed by atoms with van der Waals surface area (Å²) in [6, 6.07) is 0. The molecule has 0 aromatic carbocycles. The van der Waals surface area contributed by atoms with Crippen molar-refractivity contribution in [2.75, 3.05) is 19.3 Å². The van der Waals surface area contributed by atoms with Crippen LogP contribution in [0.4, 0.5) is 5.69 Å². The van der Waals surface area contributed by atoms with E-state index in [2.05, 4.69) is 16.5 Å². The highest BCUT2D eigenvalue weighted by molar-refractivity contribution is 7.21. The molecule has 0 fully saturated rings. The quantitative estimate of drug-likeness (QED) is 0.858. The molecule has 6 heteroatoms. The van der Waals surface area contributed by atoms with Crippen molar-refractivity contribution < 1.29 is 4.79 Å². The summed E-state index contributed by atoms with van der Waals surface area (Å²) in [7, 11) is 1.72. The number of nitrogens with two attached hydrogens (primary N) is 1. The van der Waals surface area contributed by atoms with Crippen molar-refractivity contribution in [3.8, 4) is 0 Å². The van der Waals surface area contributed by atoms with Gasteiger partial charge in [-0.2, -0.15) is 0 Å². The lowest BCUT2D eigenvalue weighted by atomic mass is 10.3. The van der Waals surface area contributed by atoms with Crippen LogP contribution in [-0.2, 0) is 0 Å². The van der Waals surface area contributed by atoms with E-state index in [4.69, 9.17) is 5.73 Å². The van der Waals surface area contributed by atoms with Crippen molar-refractivity contribution in [2.24, 2.45) is 0 Å². The fourth-order valence-electron chi connectivity index (χ4n) is 1.65. The van der Waals surface area contributed by atoms with E-state index in [9.17, 15) is 4.79 Å². The fourth-order valence-corrected chi connectivity index (χ4v) is 2.67. The Morgan fingerprint density at radius 1 is 1.50 bits per heavy atom. The first-order valence-electron chi connectivity index (χ1n) is 5.39. The number of rotatable bonds is 3. The molecule has 0 aliphatic heterocycles. The number of carbonyl (C=O) groups is 1. The van der Waals surface area contributed by atoms with Crippen LogP contribution >= 0.6 is 11.3 Å². The molecule has 0 unspecified atom stereocenters. The normalized spacial score (nSPS) is 10.6. The minimum atomic E-state index is -0.125. The van der Waals surface area contributed by atoms with Crippen molar-refractivity contribution in [3.05, 3.63) is 29.4 Å². The van der Waals surface area contributed by atoms with Crippen LogP contribution in [0.2, 0.25) is 0 Å². The first-order valence-corrected chi connectivity index (χ1v) is 6.21. The number of amides is 1. The van der Waals surface area contributed by atoms with Gasteiger partial charge >= 0.3 is 0 Å². The molecule has 0 saturated heterocycles. The van der Waals surface area contributed by atoms with Gasteiger partial charge in [-0.15, -0.1) is 11.3 Å². The van der Waals surface area contributed by atoms with Crippen LogP contribution in [0.1, 0.15) is 16.6 Å².